The fourth-order valence-corrected chi connectivity index (χ4v) is 16.4. The maximum Gasteiger partial charge on any atom is 0.291 e. The van der Waals surface area contributed by atoms with Gasteiger partial charge < -0.3 is 82.6 Å². The molecule has 0 spiro atoms. The standard InChI is InChI=1S/C29H31N5O4.C28H35N5O4.C26H33N5O4.C25H37N5O4/c1-4-22(20-14-9-6-10-15-20)30-24-25(31-23-17-11-16-21(26(23)35)28(37)33(2)3)29(38)34(32-27(24)36)18-19-12-7-5-8-13-19;1-4-21(18-12-7-5-8-13-18)29-23-24(28(37)33(31-26(23)35)19-14-9-6-10-15-19)30-22-17-11-16-20(25(22)34)27(36)32(2)3;1-16(26(2,3)4)27-20-21(28-19-14-10-13-18(22(19)32)24(34)30(5)6)25(35)31(29-23(20)33)15-17-11-8-7-9-12-17;1-15(25(2,3)4)26-19-20(24(34)30(28-22(19)32)16-11-8-7-9-12-16)27-18-14-10-13-17(21(18)31)23(33)29(5)6/h5-17,22,30-31,35H,4,18H2,1-3H3,(H,32,36);5,7-8,11-13,16-17,19,21,29-30,34H,4,6,9-10,14-15H2,1-3H3,(H,31,35);7-14,16,27-28,32H,15H2,1-6H3,(H,29,33);10,13-16,26-27,31H,7-9,11-12H2,1-6H3,(H,28,32)/t22-;21-;16-;15-/m1100/s1. The molecule has 14 rings (SSSR count). The second kappa shape index (κ2) is 48.4. The highest BCUT2D eigenvalue weighted by Crippen LogP contribution is 2.40. The number of aromatic amines is 4. The monoisotopic (exact) mass is 1970 g/mol. The number of nitrogens with zero attached hydrogens (tertiary/aromatic N) is 8. The number of benzene rings is 8. The average Bonchev–Trinajstić information content (AvgIpc) is 0.785. The van der Waals surface area contributed by atoms with Crippen molar-refractivity contribution in [2.75, 3.05) is 98.9 Å². The minimum absolute atomic E-state index is 0.0227. The first-order valence-electron chi connectivity index (χ1n) is 48.4. The van der Waals surface area contributed by atoms with Gasteiger partial charge >= 0.3 is 0 Å². The van der Waals surface area contributed by atoms with E-state index >= 15 is 0 Å². The second-order valence-corrected chi connectivity index (χ2v) is 39.1. The van der Waals surface area contributed by atoms with Crippen LogP contribution in [-0.4, -0.2) is 171 Å². The molecule has 4 heterocycles. The summed E-state index contributed by atoms with van der Waals surface area (Å²) in [6.07, 6.45) is 10.8. The Morgan fingerprint density at radius 1 is 0.326 bits per heavy atom. The molecule has 0 radical (unpaired) electrons. The third-order valence-corrected chi connectivity index (χ3v) is 25.8. The molecule has 4 amide bonds. The van der Waals surface area contributed by atoms with E-state index in [4.69, 9.17) is 0 Å². The van der Waals surface area contributed by atoms with Gasteiger partial charge in [0.2, 0.25) is 0 Å². The summed E-state index contributed by atoms with van der Waals surface area (Å²) < 4.78 is 5.28. The zero-order chi connectivity index (χ0) is 105. The predicted molar refractivity (Wildman–Crippen MR) is 570 cm³/mol. The molecular weight excluding hydrogens is 1830 g/mol. The Balaban J connectivity index is 0.000000183. The molecule has 764 valence electrons. The van der Waals surface area contributed by atoms with Gasteiger partial charge in [-0.3, -0.25) is 77.9 Å². The van der Waals surface area contributed by atoms with E-state index in [1.807, 2.05) is 191 Å². The van der Waals surface area contributed by atoms with Gasteiger partial charge in [-0.1, -0.05) is 240 Å². The van der Waals surface area contributed by atoms with Crippen LogP contribution in [0.15, 0.2) is 232 Å². The van der Waals surface area contributed by atoms with Gasteiger partial charge in [-0.25, -0.2) is 18.7 Å². The van der Waals surface area contributed by atoms with Crippen molar-refractivity contribution in [3.8, 4) is 23.0 Å². The topological polar surface area (TPSA) is 478 Å². The molecule has 144 heavy (non-hydrogen) atoms. The lowest BCUT2D eigenvalue weighted by Crippen LogP contribution is -2.39. The van der Waals surface area contributed by atoms with Crippen LogP contribution in [0.3, 0.4) is 0 Å². The number of anilines is 12. The molecule has 0 bridgehead atoms. The summed E-state index contributed by atoms with van der Waals surface area (Å²) >= 11 is 0. The first-order chi connectivity index (χ1) is 68.4. The number of rotatable bonds is 30. The molecule has 0 unspecified atom stereocenters. The minimum Gasteiger partial charge on any atom is -0.505 e. The molecule has 16 N–H and O–H groups in total. The lowest BCUT2D eigenvalue weighted by atomic mass is 9.88. The summed E-state index contributed by atoms with van der Waals surface area (Å²) in [5, 5.41) is 79.1. The quantitative estimate of drug-likeness (QED) is 0.0186. The van der Waals surface area contributed by atoms with Crippen LogP contribution in [0.4, 0.5) is 68.2 Å². The Kier molecular flexibility index (Phi) is 36.4. The van der Waals surface area contributed by atoms with Crippen molar-refractivity contribution in [3.05, 3.63) is 321 Å². The highest BCUT2D eigenvalue weighted by molar-refractivity contribution is 6.01. The summed E-state index contributed by atoms with van der Waals surface area (Å²) in [5.74, 6) is -2.72. The van der Waals surface area contributed by atoms with Gasteiger partial charge in [0.15, 0.2) is 23.0 Å². The molecular formula is C108H136N20O16. The van der Waals surface area contributed by atoms with Gasteiger partial charge in [-0.15, -0.1) is 0 Å². The Morgan fingerprint density at radius 3 is 0.819 bits per heavy atom. The Morgan fingerprint density at radius 2 is 0.569 bits per heavy atom. The van der Waals surface area contributed by atoms with Crippen molar-refractivity contribution in [1.29, 1.82) is 0 Å². The van der Waals surface area contributed by atoms with E-state index in [-0.39, 0.29) is 197 Å². The number of aromatic nitrogens is 8. The molecule has 8 aromatic carbocycles. The minimum atomic E-state index is -0.502. The fraction of sp³-hybridized carbons (Fsp3) is 0.370. The SMILES string of the molecule is CC[C@@H](Nc1c(Nc2cccc(C(=O)N(C)C)c2O)c(=O)n(C2CCCCC2)[nH]c1=O)c1ccccc1.CC[C@@H](Nc1c(Nc2cccc(C(=O)N(C)C)c2O)c(=O)n(Cc2ccccc2)[nH]c1=O)c1ccccc1.C[C@H](Nc1c(Nc2cccc(C(=O)N(C)C)c2O)c(=O)n(C2CCCCC2)[nH]c1=O)C(C)(C)C.C[C@H](Nc1c(Nc2cccc(C(=O)N(C)C)c2O)c(=O)n(Cc2ccccc2)[nH]c1=O)C(C)(C)C. The molecule has 36 nitrogen and oxygen atoms in total. The number of amides is 4. The lowest BCUT2D eigenvalue weighted by Gasteiger charge is -2.30. The van der Waals surface area contributed by atoms with Crippen LogP contribution in [0.5, 0.6) is 23.0 Å². The molecule has 4 aromatic heterocycles. The number of nitrogens with one attached hydrogen (secondary N) is 12. The van der Waals surface area contributed by atoms with E-state index in [1.165, 1.54) is 62.6 Å². The van der Waals surface area contributed by atoms with Crippen LogP contribution >= 0.6 is 0 Å². The highest BCUT2D eigenvalue weighted by Gasteiger charge is 2.33. The van der Waals surface area contributed by atoms with Gasteiger partial charge in [0, 0.05) is 68.5 Å². The predicted octanol–water partition coefficient (Wildman–Crippen LogP) is 16.7. The van der Waals surface area contributed by atoms with Crippen LogP contribution in [0.2, 0.25) is 0 Å². The molecule has 12 aromatic rings. The first kappa shape index (κ1) is 108. The van der Waals surface area contributed by atoms with Crippen molar-refractivity contribution in [3.63, 3.8) is 0 Å². The fourth-order valence-electron chi connectivity index (χ4n) is 16.4. The molecule has 2 saturated carbocycles. The molecule has 0 saturated heterocycles. The number of H-pyrrole nitrogens is 4. The molecule has 2 aliphatic rings. The normalized spacial score (nSPS) is 13.5. The molecule has 36 heteroatoms. The lowest BCUT2D eigenvalue weighted by molar-refractivity contribution is 0.0817. The van der Waals surface area contributed by atoms with Crippen molar-refractivity contribution < 1.29 is 39.6 Å². The largest absolute Gasteiger partial charge is 0.505 e. The summed E-state index contributed by atoms with van der Waals surface area (Å²) in [5.41, 5.74) is 0.921. The van der Waals surface area contributed by atoms with E-state index in [1.54, 1.807) is 105 Å². The summed E-state index contributed by atoms with van der Waals surface area (Å²) in [4.78, 5) is 163. The van der Waals surface area contributed by atoms with Crippen LogP contribution in [0, 0.1) is 10.8 Å². The zero-order valence-electron chi connectivity index (χ0n) is 85.1. The third kappa shape index (κ3) is 26.6. The molecule has 2 aliphatic carbocycles. The number of para-hydroxylation sites is 4. The summed E-state index contributed by atoms with van der Waals surface area (Å²) in [6, 6.07) is 55.6. The Hall–Kier alpha value is -16.0. The van der Waals surface area contributed by atoms with Crippen LogP contribution in [0.1, 0.15) is 234 Å². The van der Waals surface area contributed by atoms with Gasteiger partial charge in [0.05, 0.1) is 82.3 Å². The van der Waals surface area contributed by atoms with Crippen LogP contribution in [0.25, 0.3) is 0 Å². The van der Waals surface area contributed by atoms with Gasteiger partial charge in [0.1, 0.15) is 45.5 Å². The maximum atomic E-state index is 13.8. The maximum absolute atomic E-state index is 13.8. The van der Waals surface area contributed by atoms with Crippen LogP contribution < -0.4 is 87.0 Å². The third-order valence-electron chi connectivity index (χ3n) is 25.8. The van der Waals surface area contributed by atoms with E-state index in [0.717, 1.165) is 86.5 Å². The first-order valence-corrected chi connectivity index (χ1v) is 48.4. The summed E-state index contributed by atoms with van der Waals surface area (Å²) in [7, 11) is 12.7. The Bertz CT molecular complexity index is 7020. The highest BCUT2D eigenvalue weighted by atomic mass is 16.3. The summed E-state index contributed by atoms with van der Waals surface area (Å²) in [6.45, 7) is 20.3. The second-order valence-electron chi connectivity index (χ2n) is 39.1. The van der Waals surface area contributed by atoms with Crippen LogP contribution in [-0.2, 0) is 13.1 Å². The van der Waals surface area contributed by atoms with Crippen molar-refractivity contribution >= 4 is 91.9 Å². The van der Waals surface area contributed by atoms with Gasteiger partial charge in [-0.2, -0.15) is 0 Å². The van der Waals surface area contributed by atoms with Crippen molar-refractivity contribution in [2.24, 2.45) is 10.8 Å². The van der Waals surface area contributed by atoms with E-state index < -0.39 is 45.2 Å². The van der Waals surface area contributed by atoms with E-state index in [9.17, 15) is 78.0 Å². The van der Waals surface area contributed by atoms with Gasteiger partial charge in [-0.05, 0) is 134 Å². The van der Waals surface area contributed by atoms with Crippen molar-refractivity contribution in [2.45, 2.75) is 196 Å². The number of phenolic OH excluding ortho intramolecular Hbond substituents is 4. The zero-order valence-corrected chi connectivity index (χ0v) is 85.1. The average molecular weight is 1970 g/mol. The number of hydrogen-bond donors (Lipinski definition) is 16. The number of carbonyl (C=O) groups is 4. The van der Waals surface area contributed by atoms with E-state index in [0.29, 0.717) is 12.8 Å². The number of aromatic hydroxyl groups is 4. The van der Waals surface area contributed by atoms with Crippen molar-refractivity contribution in [1.82, 2.24) is 58.7 Å². The van der Waals surface area contributed by atoms with E-state index in [2.05, 4.69) is 62.9 Å². The molecule has 4 atom stereocenters. The number of carbonyl (C=O) groups excluding carboxylic acids is 4. The van der Waals surface area contributed by atoms with Gasteiger partial charge in [0.25, 0.3) is 68.1 Å². The molecule has 0 aliphatic heterocycles. The number of hydrogen-bond acceptors (Lipinski definition) is 24. The Labute approximate surface area is 835 Å². The smallest absolute Gasteiger partial charge is 0.291 e. The number of phenols is 4. The molecule has 2 fully saturated rings.